The zero-order chi connectivity index (χ0) is 17.4. The van der Waals surface area contributed by atoms with E-state index in [2.05, 4.69) is 14.9 Å². The van der Waals surface area contributed by atoms with Gasteiger partial charge in [0.25, 0.3) is 0 Å². The van der Waals surface area contributed by atoms with Crippen LogP contribution in [0.1, 0.15) is 30.0 Å². The molecule has 1 saturated carbocycles. The van der Waals surface area contributed by atoms with Crippen molar-refractivity contribution in [3.8, 4) is 0 Å². The van der Waals surface area contributed by atoms with Crippen molar-refractivity contribution in [3.63, 3.8) is 0 Å². The molecule has 0 atom stereocenters. The highest BCUT2D eigenvalue weighted by Gasteiger charge is 2.32. The summed E-state index contributed by atoms with van der Waals surface area (Å²) in [6.45, 7) is 1.12. The van der Waals surface area contributed by atoms with Gasteiger partial charge in [0.1, 0.15) is 5.52 Å². The molecule has 2 heterocycles. The number of hydrogen-bond acceptors (Lipinski definition) is 4. The van der Waals surface area contributed by atoms with Crippen LogP contribution < -0.4 is 0 Å². The van der Waals surface area contributed by atoms with Crippen LogP contribution in [0.4, 0.5) is 13.2 Å². The van der Waals surface area contributed by atoms with E-state index < -0.39 is 11.7 Å². The van der Waals surface area contributed by atoms with Crippen molar-refractivity contribution >= 4 is 11.1 Å². The average molecular weight is 347 g/mol. The summed E-state index contributed by atoms with van der Waals surface area (Å²) in [4.78, 5) is 10.8. The van der Waals surface area contributed by atoms with Crippen molar-refractivity contribution in [2.45, 2.75) is 38.1 Å². The van der Waals surface area contributed by atoms with Crippen molar-refractivity contribution in [1.29, 1.82) is 0 Å². The quantitative estimate of drug-likeness (QED) is 0.686. The Morgan fingerprint density at radius 2 is 1.96 bits per heavy atom. The molecule has 130 valence electrons. The molecule has 0 unspecified atom stereocenters. The second-order valence-electron chi connectivity index (χ2n) is 6.25. The highest BCUT2D eigenvalue weighted by Crippen LogP contribution is 2.33. The minimum Gasteiger partial charge on any atom is -0.439 e. The van der Waals surface area contributed by atoms with Crippen LogP contribution in [-0.4, -0.2) is 20.9 Å². The second kappa shape index (κ2) is 6.15. The number of rotatable bonds is 5. The summed E-state index contributed by atoms with van der Waals surface area (Å²) in [5.74, 6) is 0.428. The molecular weight excluding hydrogens is 331 g/mol. The predicted molar refractivity (Wildman–Crippen MR) is 85.5 cm³/mol. The van der Waals surface area contributed by atoms with Crippen molar-refractivity contribution < 1.29 is 17.6 Å². The first-order chi connectivity index (χ1) is 12.0. The zero-order valence-electron chi connectivity index (χ0n) is 13.3. The minimum atomic E-state index is -4.38. The molecule has 0 radical (unpaired) electrons. The summed E-state index contributed by atoms with van der Waals surface area (Å²) in [5, 5.41) is 0. The van der Waals surface area contributed by atoms with Crippen LogP contribution in [0.2, 0.25) is 0 Å². The Morgan fingerprint density at radius 3 is 2.64 bits per heavy atom. The molecule has 1 aromatic carbocycles. The molecule has 0 amide bonds. The molecule has 0 N–H and O–H groups in total. The third-order valence-electron chi connectivity index (χ3n) is 4.25. The summed E-state index contributed by atoms with van der Waals surface area (Å²) >= 11 is 0. The maximum absolute atomic E-state index is 12.8. The fourth-order valence-corrected chi connectivity index (χ4v) is 2.85. The molecule has 1 fully saturated rings. The molecule has 2 aromatic heterocycles. The van der Waals surface area contributed by atoms with Crippen LogP contribution >= 0.6 is 0 Å². The number of benzene rings is 1. The van der Waals surface area contributed by atoms with E-state index in [9.17, 15) is 13.2 Å². The van der Waals surface area contributed by atoms with E-state index in [4.69, 9.17) is 4.42 Å². The maximum atomic E-state index is 12.8. The predicted octanol–water partition coefficient (Wildman–Crippen LogP) is 4.41. The summed E-state index contributed by atoms with van der Waals surface area (Å²) in [7, 11) is 0. The number of oxazole rings is 1. The normalized spacial score (nSPS) is 15.2. The van der Waals surface area contributed by atoms with Gasteiger partial charge in [0.15, 0.2) is 5.58 Å². The first kappa shape index (κ1) is 16.1. The fraction of sp³-hybridized carbons (Fsp3) is 0.333. The van der Waals surface area contributed by atoms with Gasteiger partial charge < -0.3 is 4.42 Å². The third kappa shape index (κ3) is 3.66. The topological polar surface area (TPSA) is 42.2 Å². The van der Waals surface area contributed by atoms with Crippen LogP contribution in [0.5, 0.6) is 0 Å². The van der Waals surface area contributed by atoms with Crippen molar-refractivity contribution in [2.75, 3.05) is 0 Å². The van der Waals surface area contributed by atoms with Crippen LogP contribution in [0.25, 0.3) is 11.1 Å². The third-order valence-corrected chi connectivity index (χ3v) is 4.25. The fourth-order valence-electron chi connectivity index (χ4n) is 2.85. The largest absolute Gasteiger partial charge is 0.439 e. The highest BCUT2D eigenvalue weighted by atomic mass is 19.4. The molecule has 3 aromatic rings. The summed E-state index contributed by atoms with van der Waals surface area (Å²) in [6.07, 6.45) is -0.429. The van der Waals surface area contributed by atoms with Gasteiger partial charge in [-0.3, -0.25) is 9.88 Å². The number of halogens is 3. The van der Waals surface area contributed by atoms with E-state index in [0.29, 0.717) is 30.6 Å². The monoisotopic (exact) mass is 347 g/mol. The van der Waals surface area contributed by atoms with Crippen LogP contribution in [0.3, 0.4) is 0 Å². The van der Waals surface area contributed by atoms with E-state index in [1.165, 1.54) is 6.07 Å². The van der Waals surface area contributed by atoms with Gasteiger partial charge in [-0.25, -0.2) is 4.98 Å². The van der Waals surface area contributed by atoms with Gasteiger partial charge in [0, 0.05) is 18.8 Å². The Morgan fingerprint density at radius 1 is 1.12 bits per heavy atom. The van der Waals surface area contributed by atoms with E-state index in [1.807, 2.05) is 18.2 Å². The number of nitrogens with zero attached hydrogens (tertiary/aromatic N) is 3. The molecule has 0 saturated heterocycles. The van der Waals surface area contributed by atoms with Gasteiger partial charge in [-0.05, 0) is 43.2 Å². The lowest BCUT2D eigenvalue weighted by Gasteiger charge is -2.19. The number of alkyl halides is 3. The molecule has 4 nitrogen and oxygen atoms in total. The molecule has 1 aliphatic rings. The van der Waals surface area contributed by atoms with Crippen LogP contribution in [-0.2, 0) is 19.3 Å². The van der Waals surface area contributed by atoms with E-state index >= 15 is 0 Å². The molecule has 0 bridgehead atoms. The van der Waals surface area contributed by atoms with Crippen molar-refractivity contribution in [1.82, 2.24) is 14.9 Å². The van der Waals surface area contributed by atoms with E-state index in [1.54, 1.807) is 6.20 Å². The van der Waals surface area contributed by atoms with Gasteiger partial charge >= 0.3 is 6.18 Å². The molecule has 4 rings (SSSR count). The Balaban J connectivity index is 1.56. The van der Waals surface area contributed by atoms with Gasteiger partial charge in [-0.2, -0.15) is 13.2 Å². The molecule has 1 aliphatic carbocycles. The van der Waals surface area contributed by atoms with Gasteiger partial charge in [-0.15, -0.1) is 0 Å². The minimum absolute atomic E-state index is 0.235. The lowest BCUT2D eigenvalue weighted by atomic mass is 10.2. The number of hydrogen-bond donors (Lipinski definition) is 0. The second-order valence-corrected chi connectivity index (χ2v) is 6.25. The lowest BCUT2D eigenvalue weighted by molar-refractivity contribution is -0.137. The Bertz CT molecular complexity index is 872. The Kier molecular flexibility index (Phi) is 3.95. The van der Waals surface area contributed by atoms with Gasteiger partial charge in [0.2, 0.25) is 5.89 Å². The summed E-state index contributed by atoms with van der Waals surface area (Å²) < 4.78 is 44.1. The molecule has 7 heteroatoms. The average Bonchev–Trinajstić information content (AvgIpc) is 3.34. The first-order valence-corrected chi connectivity index (χ1v) is 8.10. The molecule has 0 aliphatic heterocycles. The van der Waals surface area contributed by atoms with Gasteiger partial charge in [-0.1, -0.05) is 6.07 Å². The maximum Gasteiger partial charge on any atom is 0.416 e. The summed E-state index contributed by atoms with van der Waals surface area (Å²) in [5.41, 5.74) is 0.840. The smallest absolute Gasteiger partial charge is 0.416 e. The first-order valence-electron chi connectivity index (χ1n) is 8.10. The van der Waals surface area contributed by atoms with Crippen LogP contribution in [0, 0.1) is 0 Å². The van der Waals surface area contributed by atoms with Crippen molar-refractivity contribution in [3.05, 3.63) is 59.7 Å². The molecule has 25 heavy (non-hydrogen) atoms. The number of pyridine rings is 1. The zero-order valence-corrected chi connectivity index (χ0v) is 13.3. The molecular formula is C18H16F3N3O. The Labute approximate surface area is 142 Å². The highest BCUT2D eigenvalue weighted by molar-refractivity contribution is 5.73. The SMILES string of the molecule is FC(F)(F)c1ccc2oc(CN(Cc3ccccn3)C3CC3)nc2c1. The Hall–Kier alpha value is -2.41. The van der Waals surface area contributed by atoms with Crippen molar-refractivity contribution in [2.24, 2.45) is 0 Å². The molecule has 0 spiro atoms. The lowest BCUT2D eigenvalue weighted by Crippen LogP contribution is -2.25. The van der Waals surface area contributed by atoms with Crippen LogP contribution in [0.15, 0.2) is 47.0 Å². The van der Waals surface area contributed by atoms with E-state index in [0.717, 1.165) is 30.7 Å². The number of fused-ring (bicyclic) bond motifs is 1. The summed E-state index contributed by atoms with van der Waals surface area (Å²) in [6, 6.07) is 9.58. The standard InChI is InChI=1S/C18H16F3N3O/c19-18(20,21)12-4-7-16-15(9-12)23-17(25-16)11-24(14-5-6-14)10-13-3-1-2-8-22-13/h1-4,7-9,14H,5-6,10-11H2. The number of aromatic nitrogens is 2. The van der Waals surface area contributed by atoms with E-state index in [-0.39, 0.29) is 5.52 Å². The van der Waals surface area contributed by atoms with Gasteiger partial charge in [0.05, 0.1) is 17.8 Å².